The Balaban J connectivity index is 2.20. The van der Waals surface area contributed by atoms with Gasteiger partial charge in [-0.2, -0.15) is 13.2 Å². The molecular weight excluding hydrogens is 324 g/mol. The molecule has 0 unspecified atom stereocenters. The van der Waals surface area contributed by atoms with Crippen LogP contribution in [-0.4, -0.2) is 6.29 Å². The molecule has 22 heavy (non-hydrogen) atoms. The summed E-state index contributed by atoms with van der Waals surface area (Å²) < 4.78 is 56.5. The van der Waals surface area contributed by atoms with Gasteiger partial charge in [-0.3, -0.25) is 4.79 Å². The van der Waals surface area contributed by atoms with E-state index in [0.29, 0.717) is 6.29 Å². The molecule has 0 aliphatic rings. The molecule has 0 aliphatic carbocycles. The summed E-state index contributed by atoms with van der Waals surface area (Å²) in [4.78, 5) is 10.6. The maximum atomic E-state index is 13.2. The quantitative estimate of drug-likeness (QED) is 0.588. The summed E-state index contributed by atoms with van der Waals surface area (Å²) >= 11 is 5.65. The zero-order valence-electron chi connectivity index (χ0n) is 11.0. The second-order valence-corrected chi connectivity index (χ2v) is 4.91. The molecule has 2 aromatic carbocycles. The smallest absolute Gasteiger partial charge is 0.416 e. The van der Waals surface area contributed by atoms with E-state index >= 15 is 0 Å². The number of rotatable bonds is 4. The Labute approximate surface area is 128 Å². The molecule has 2 aromatic rings. The molecule has 0 bridgehead atoms. The van der Waals surface area contributed by atoms with Crippen LogP contribution < -0.4 is 4.74 Å². The van der Waals surface area contributed by atoms with E-state index in [1.54, 1.807) is 0 Å². The molecule has 0 radical (unpaired) electrons. The van der Waals surface area contributed by atoms with Crippen molar-refractivity contribution in [2.75, 3.05) is 0 Å². The summed E-state index contributed by atoms with van der Waals surface area (Å²) in [7, 11) is 0. The SMILES string of the molecule is O=Cc1cc(F)cc(OCc2cc(Cl)cc(C(F)(F)F)c2)c1. The van der Waals surface area contributed by atoms with Gasteiger partial charge in [-0.1, -0.05) is 11.6 Å². The first-order valence-corrected chi connectivity index (χ1v) is 6.41. The summed E-state index contributed by atoms with van der Waals surface area (Å²) in [6.07, 6.45) is -4.08. The van der Waals surface area contributed by atoms with Gasteiger partial charge in [0.25, 0.3) is 0 Å². The summed E-state index contributed by atoms with van der Waals surface area (Å²) in [6, 6.07) is 6.34. The van der Waals surface area contributed by atoms with Crippen molar-refractivity contribution in [3.8, 4) is 5.75 Å². The Bertz CT molecular complexity index is 698. The van der Waals surface area contributed by atoms with Gasteiger partial charge in [0.15, 0.2) is 0 Å². The van der Waals surface area contributed by atoms with Crippen LogP contribution >= 0.6 is 11.6 Å². The minimum absolute atomic E-state index is 0.0376. The second kappa shape index (κ2) is 6.36. The van der Waals surface area contributed by atoms with E-state index in [1.165, 1.54) is 12.1 Å². The highest BCUT2D eigenvalue weighted by Gasteiger charge is 2.31. The Kier molecular flexibility index (Phi) is 4.71. The number of carbonyl (C=O) groups is 1. The number of hydrogen-bond donors (Lipinski definition) is 0. The third-order valence-electron chi connectivity index (χ3n) is 2.72. The number of ether oxygens (including phenoxy) is 1. The van der Waals surface area contributed by atoms with Gasteiger partial charge >= 0.3 is 6.18 Å². The van der Waals surface area contributed by atoms with Crippen molar-refractivity contribution < 1.29 is 27.1 Å². The second-order valence-electron chi connectivity index (χ2n) is 4.47. The first-order chi connectivity index (χ1) is 10.3. The average molecular weight is 333 g/mol. The average Bonchev–Trinajstić information content (AvgIpc) is 2.43. The van der Waals surface area contributed by atoms with Gasteiger partial charge in [-0.25, -0.2) is 4.39 Å². The first-order valence-electron chi connectivity index (χ1n) is 6.03. The third-order valence-corrected chi connectivity index (χ3v) is 2.94. The van der Waals surface area contributed by atoms with Crippen LogP contribution in [-0.2, 0) is 12.8 Å². The molecule has 0 heterocycles. The van der Waals surface area contributed by atoms with Gasteiger partial charge < -0.3 is 4.74 Å². The summed E-state index contributed by atoms with van der Waals surface area (Å²) in [6.45, 7) is -0.245. The van der Waals surface area contributed by atoms with Crippen LogP contribution in [0.15, 0.2) is 36.4 Å². The van der Waals surface area contributed by atoms with Crippen molar-refractivity contribution >= 4 is 17.9 Å². The van der Waals surface area contributed by atoms with Crippen LogP contribution in [0.4, 0.5) is 17.6 Å². The van der Waals surface area contributed by atoms with E-state index in [0.717, 1.165) is 24.3 Å². The Morgan fingerprint density at radius 1 is 1.09 bits per heavy atom. The minimum atomic E-state index is -4.52. The number of halogens is 5. The Morgan fingerprint density at radius 3 is 2.45 bits per heavy atom. The molecule has 0 aromatic heterocycles. The fourth-order valence-electron chi connectivity index (χ4n) is 1.80. The van der Waals surface area contributed by atoms with Gasteiger partial charge in [0.1, 0.15) is 24.5 Å². The maximum Gasteiger partial charge on any atom is 0.416 e. The van der Waals surface area contributed by atoms with Crippen LogP contribution in [0, 0.1) is 5.82 Å². The lowest BCUT2D eigenvalue weighted by molar-refractivity contribution is -0.137. The van der Waals surface area contributed by atoms with E-state index in [2.05, 4.69) is 0 Å². The van der Waals surface area contributed by atoms with E-state index in [1.807, 2.05) is 0 Å². The van der Waals surface area contributed by atoms with E-state index in [9.17, 15) is 22.4 Å². The highest BCUT2D eigenvalue weighted by atomic mass is 35.5. The Hall–Kier alpha value is -2.08. The molecule has 0 spiro atoms. The fraction of sp³-hybridized carbons (Fsp3) is 0.133. The number of hydrogen-bond acceptors (Lipinski definition) is 2. The largest absolute Gasteiger partial charge is 0.489 e. The predicted molar refractivity (Wildman–Crippen MR) is 72.6 cm³/mol. The fourth-order valence-corrected chi connectivity index (χ4v) is 2.06. The molecule has 0 N–H and O–H groups in total. The van der Waals surface area contributed by atoms with Crippen molar-refractivity contribution in [2.45, 2.75) is 12.8 Å². The zero-order valence-corrected chi connectivity index (χ0v) is 11.7. The molecule has 2 nitrogen and oxygen atoms in total. The molecular formula is C15H9ClF4O2. The maximum absolute atomic E-state index is 13.2. The normalized spacial score (nSPS) is 11.3. The van der Waals surface area contributed by atoms with Crippen molar-refractivity contribution in [3.63, 3.8) is 0 Å². The molecule has 7 heteroatoms. The molecule has 0 saturated heterocycles. The lowest BCUT2D eigenvalue weighted by atomic mass is 10.1. The molecule has 0 amide bonds. The van der Waals surface area contributed by atoms with E-state index < -0.39 is 17.6 Å². The highest BCUT2D eigenvalue weighted by molar-refractivity contribution is 6.30. The van der Waals surface area contributed by atoms with Gasteiger partial charge in [0, 0.05) is 16.7 Å². The van der Waals surface area contributed by atoms with E-state index in [-0.39, 0.29) is 28.5 Å². The zero-order chi connectivity index (χ0) is 16.3. The lowest BCUT2D eigenvalue weighted by Gasteiger charge is -2.11. The molecule has 0 aliphatic heterocycles. The molecule has 0 atom stereocenters. The number of aldehydes is 1. The molecule has 2 rings (SSSR count). The molecule has 0 fully saturated rings. The first kappa shape index (κ1) is 16.3. The van der Waals surface area contributed by atoms with Gasteiger partial charge in [-0.05, 0) is 35.9 Å². The topological polar surface area (TPSA) is 26.3 Å². The number of benzene rings is 2. The monoisotopic (exact) mass is 332 g/mol. The standard InChI is InChI=1S/C15H9ClF4O2/c16-12-2-10(1-11(5-12)15(18,19)20)8-22-14-4-9(7-21)3-13(17)6-14/h1-7H,8H2. The van der Waals surface area contributed by atoms with Crippen molar-refractivity contribution in [3.05, 3.63) is 63.9 Å². The predicted octanol–water partition coefficient (Wildman–Crippen LogP) is 4.89. The van der Waals surface area contributed by atoms with E-state index in [4.69, 9.17) is 16.3 Å². The van der Waals surface area contributed by atoms with Gasteiger partial charge in [0.05, 0.1) is 5.56 Å². The van der Waals surface area contributed by atoms with Gasteiger partial charge in [0.2, 0.25) is 0 Å². The summed E-state index contributed by atoms with van der Waals surface area (Å²) in [5, 5.41) is -0.0822. The number of alkyl halides is 3. The van der Waals surface area contributed by atoms with Crippen molar-refractivity contribution in [1.82, 2.24) is 0 Å². The lowest BCUT2D eigenvalue weighted by Crippen LogP contribution is -2.06. The number of carbonyl (C=O) groups excluding carboxylic acids is 1. The van der Waals surface area contributed by atoms with Crippen LogP contribution in [0.25, 0.3) is 0 Å². The molecule has 116 valence electrons. The van der Waals surface area contributed by atoms with Crippen molar-refractivity contribution in [2.24, 2.45) is 0 Å². The van der Waals surface area contributed by atoms with Crippen LogP contribution in [0.1, 0.15) is 21.5 Å². The third kappa shape index (κ3) is 4.21. The van der Waals surface area contributed by atoms with Gasteiger partial charge in [-0.15, -0.1) is 0 Å². The Morgan fingerprint density at radius 2 is 1.82 bits per heavy atom. The van der Waals surface area contributed by atoms with Crippen molar-refractivity contribution in [1.29, 1.82) is 0 Å². The highest BCUT2D eigenvalue weighted by Crippen LogP contribution is 2.32. The van der Waals surface area contributed by atoms with Crippen LogP contribution in [0.3, 0.4) is 0 Å². The summed E-state index contributed by atoms with van der Waals surface area (Å²) in [5.74, 6) is -0.641. The minimum Gasteiger partial charge on any atom is -0.489 e. The van der Waals surface area contributed by atoms with Crippen LogP contribution in [0.2, 0.25) is 5.02 Å². The molecule has 0 saturated carbocycles. The summed E-state index contributed by atoms with van der Waals surface area (Å²) in [5.41, 5.74) is -0.653. The van der Waals surface area contributed by atoms with Crippen LogP contribution in [0.5, 0.6) is 5.75 Å².